The zero-order valence-corrected chi connectivity index (χ0v) is 10.9. The molecule has 18 heavy (non-hydrogen) atoms. The molecule has 0 saturated heterocycles. The second kappa shape index (κ2) is 5.58. The highest BCUT2D eigenvalue weighted by Crippen LogP contribution is 2.26. The lowest BCUT2D eigenvalue weighted by Gasteiger charge is -2.22. The Morgan fingerprint density at radius 3 is 2.89 bits per heavy atom. The molecule has 2 rings (SSSR count). The van der Waals surface area contributed by atoms with Crippen LogP contribution in [0.4, 0.5) is 0 Å². The van der Waals surface area contributed by atoms with Crippen molar-refractivity contribution in [2.45, 2.75) is 18.9 Å². The molecule has 1 atom stereocenters. The molecule has 0 bridgehead atoms. The highest BCUT2D eigenvalue weighted by atomic mass is 15.0. The van der Waals surface area contributed by atoms with Gasteiger partial charge in [0, 0.05) is 24.5 Å². The van der Waals surface area contributed by atoms with Crippen molar-refractivity contribution in [1.29, 1.82) is 0 Å². The smallest absolute Gasteiger partial charge is 0.0728 e. The minimum Gasteiger partial charge on any atom is -0.390 e. The average Bonchev–Trinajstić information content (AvgIpc) is 2.83. The first-order valence-electron chi connectivity index (χ1n) is 6.31. The van der Waals surface area contributed by atoms with Crippen LogP contribution in [0.25, 0.3) is 10.9 Å². The summed E-state index contributed by atoms with van der Waals surface area (Å²) < 4.78 is 2.29. The highest BCUT2D eigenvalue weighted by molar-refractivity contribution is 5.80. The van der Waals surface area contributed by atoms with Crippen LogP contribution in [0.1, 0.15) is 18.9 Å². The van der Waals surface area contributed by atoms with E-state index in [1.807, 2.05) is 13.1 Å². The van der Waals surface area contributed by atoms with E-state index in [4.69, 9.17) is 0 Å². The number of allylic oxidation sites excluding steroid dienone is 2. The maximum absolute atomic E-state index is 4.12. The number of likely N-dealkylation sites (N-methyl/N-ethyl adjacent to an activating group) is 1. The SMILES string of the molecule is C=CCCC(C(=C)NC)n1ccc2ccccc21. The summed E-state index contributed by atoms with van der Waals surface area (Å²) in [5.74, 6) is 0. The van der Waals surface area contributed by atoms with Gasteiger partial charge in [-0.15, -0.1) is 6.58 Å². The zero-order chi connectivity index (χ0) is 13.0. The third kappa shape index (κ3) is 2.33. The molecule has 2 nitrogen and oxygen atoms in total. The number of hydrogen-bond donors (Lipinski definition) is 1. The van der Waals surface area contributed by atoms with E-state index < -0.39 is 0 Å². The number of aromatic nitrogens is 1. The van der Waals surface area contributed by atoms with Gasteiger partial charge in [-0.25, -0.2) is 0 Å². The first-order chi connectivity index (χ1) is 8.77. The molecule has 2 aromatic rings. The molecule has 1 heterocycles. The third-order valence-corrected chi connectivity index (χ3v) is 3.33. The van der Waals surface area contributed by atoms with Crippen LogP contribution >= 0.6 is 0 Å². The van der Waals surface area contributed by atoms with Crippen molar-refractivity contribution in [3.8, 4) is 0 Å². The molecule has 0 fully saturated rings. The quantitative estimate of drug-likeness (QED) is 0.758. The molecule has 0 radical (unpaired) electrons. The van der Waals surface area contributed by atoms with Crippen LogP contribution in [-0.4, -0.2) is 11.6 Å². The minimum absolute atomic E-state index is 0.271. The van der Waals surface area contributed by atoms with Gasteiger partial charge in [0.1, 0.15) is 0 Å². The summed E-state index contributed by atoms with van der Waals surface area (Å²) in [4.78, 5) is 0. The van der Waals surface area contributed by atoms with E-state index in [2.05, 4.69) is 59.6 Å². The van der Waals surface area contributed by atoms with Crippen molar-refractivity contribution in [3.63, 3.8) is 0 Å². The Bertz CT molecular complexity index is 551. The lowest BCUT2D eigenvalue weighted by Crippen LogP contribution is -2.18. The molecule has 94 valence electrons. The Kier molecular flexibility index (Phi) is 3.88. The summed E-state index contributed by atoms with van der Waals surface area (Å²) >= 11 is 0. The van der Waals surface area contributed by atoms with Gasteiger partial charge in [-0.1, -0.05) is 30.9 Å². The maximum Gasteiger partial charge on any atom is 0.0728 e. The second-order valence-electron chi connectivity index (χ2n) is 4.44. The van der Waals surface area contributed by atoms with E-state index in [0.29, 0.717) is 0 Å². The van der Waals surface area contributed by atoms with Gasteiger partial charge in [-0.3, -0.25) is 0 Å². The van der Waals surface area contributed by atoms with Gasteiger partial charge in [0.2, 0.25) is 0 Å². The topological polar surface area (TPSA) is 17.0 Å². The number of fused-ring (bicyclic) bond motifs is 1. The largest absolute Gasteiger partial charge is 0.390 e. The molecule has 0 saturated carbocycles. The molecule has 1 aromatic carbocycles. The van der Waals surface area contributed by atoms with Crippen molar-refractivity contribution in [3.05, 3.63) is 61.5 Å². The molecule has 1 aromatic heterocycles. The predicted octanol–water partition coefficient (Wildman–Crippen LogP) is 3.88. The fourth-order valence-corrected chi connectivity index (χ4v) is 2.30. The van der Waals surface area contributed by atoms with Crippen LogP contribution in [0.15, 0.2) is 61.5 Å². The zero-order valence-electron chi connectivity index (χ0n) is 10.9. The number of benzene rings is 1. The second-order valence-corrected chi connectivity index (χ2v) is 4.44. The summed E-state index contributed by atoms with van der Waals surface area (Å²) in [6, 6.07) is 10.9. The summed E-state index contributed by atoms with van der Waals surface area (Å²) in [5, 5.41) is 4.45. The number of para-hydroxylation sites is 1. The van der Waals surface area contributed by atoms with Crippen molar-refractivity contribution in [1.82, 2.24) is 9.88 Å². The summed E-state index contributed by atoms with van der Waals surface area (Å²) in [6.45, 7) is 7.93. The maximum atomic E-state index is 4.12. The third-order valence-electron chi connectivity index (χ3n) is 3.33. The Labute approximate surface area is 109 Å². The Morgan fingerprint density at radius 2 is 2.17 bits per heavy atom. The minimum atomic E-state index is 0.271. The number of nitrogens with zero attached hydrogens (tertiary/aromatic N) is 1. The monoisotopic (exact) mass is 240 g/mol. The molecule has 1 N–H and O–H groups in total. The summed E-state index contributed by atoms with van der Waals surface area (Å²) in [6.07, 6.45) is 6.10. The van der Waals surface area contributed by atoms with Crippen LogP contribution in [0.5, 0.6) is 0 Å². The Balaban J connectivity index is 2.40. The number of rotatable bonds is 6. The first-order valence-corrected chi connectivity index (χ1v) is 6.31. The van der Waals surface area contributed by atoms with Crippen molar-refractivity contribution in [2.75, 3.05) is 7.05 Å². The average molecular weight is 240 g/mol. The molecule has 0 aliphatic rings. The van der Waals surface area contributed by atoms with Crippen molar-refractivity contribution < 1.29 is 0 Å². The fraction of sp³-hybridized carbons (Fsp3) is 0.250. The molecular weight excluding hydrogens is 220 g/mol. The Morgan fingerprint density at radius 1 is 1.39 bits per heavy atom. The van der Waals surface area contributed by atoms with Gasteiger partial charge >= 0.3 is 0 Å². The number of nitrogens with one attached hydrogen (secondary N) is 1. The Hall–Kier alpha value is -1.96. The van der Waals surface area contributed by atoms with Gasteiger partial charge in [-0.05, 0) is 30.4 Å². The molecule has 0 spiro atoms. The van der Waals surface area contributed by atoms with Crippen molar-refractivity contribution >= 4 is 10.9 Å². The van der Waals surface area contributed by atoms with Crippen LogP contribution in [0.2, 0.25) is 0 Å². The van der Waals surface area contributed by atoms with E-state index in [1.165, 1.54) is 10.9 Å². The molecule has 2 heteroatoms. The van der Waals surface area contributed by atoms with Crippen LogP contribution < -0.4 is 5.32 Å². The molecule has 0 aliphatic heterocycles. The lowest BCUT2D eigenvalue weighted by molar-refractivity contribution is 0.528. The molecular formula is C16H20N2. The summed E-state index contributed by atoms with van der Waals surface area (Å²) in [7, 11) is 1.93. The predicted molar refractivity (Wildman–Crippen MR) is 78.6 cm³/mol. The van der Waals surface area contributed by atoms with E-state index in [1.54, 1.807) is 0 Å². The van der Waals surface area contributed by atoms with Gasteiger partial charge in [0.05, 0.1) is 6.04 Å². The molecule has 1 unspecified atom stereocenters. The fourth-order valence-electron chi connectivity index (χ4n) is 2.30. The highest BCUT2D eigenvalue weighted by Gasteiger charge is 2.14. The number of hydrogen-bond acceptors (Lipinski definition) is 1. The van der Waals surface area contributed by atoms with Crippen LogP contribution in [-0.2, 0) is 0 Å². The summed E-state index contributed by atoms with van der Waals surface area (Å²) in [5.41, 5.74) is 2.29. The molecule has 0 amide bonds. The van der Waals surface area contributed by atoms with E-state index in [0.717, 1.165) is 18.5 Å². The van der Waals surface area contributed by atoms with E-state index in [9.17, 15) is 0 Å². The van der Waals surface area contributed by atoms with Crippen molar-refractivity contribution in [2.24, 2.45) is 0 Å². The lowest BCUT2D eigenvalue weighted by atomic mass is 10.1. The normalized spacial score (nSPS) is 12.3. The van der Waals surface area contributed by atoms with Gasteiger partial charge in [-0.2, -0.15) is 0 Å². The van der Waals surface area contributed by atoms with Crippen LogP contribution in [0.3, 0.4) is 0 Å². The van der Waals surface area contributed by atoms with Gasteiger partial charge in [0.15, 0.2) is 0 Å². The van der Waals surface area contributed by atoms with Crippen LogP contribution in [0, 0.1) is 0 Å². The first kappa shape index (κ1) is 12.5. The molecule has 0 aliphatic carbocycles. The standard InChI is InChI=1S/C16H20N2/c1-4-5-9-15(13(2)17-3)18-12-11-14-8-6-7-10-16(14)18/h4,6-8,10-12,15,17H,1-2,5,9H2,3H3. The van der Waals surface area contributed by atoms with Gasteiger partial charge < -0.3 is 9.88 Å². The van der Waals surface area contributed by atoms with Gasteiger partial charge in [0.25, 0.3) is 0 Å². The van der Waals surface area contributed by atoms with E-state index in [-0.39, 0.29) is 6.04 Å². The van der Waals surface area contributed by atoms with E-state index >= 15 is 0 Å².